The van der Waals surface area contributed by atoms with Gasteiger partial charge in [0.15, 0.2) is 0 Å². The van der Waals surface area contributed by atoms with Crippen molar-refractivity contribution in [3.8, 4) is 5.75 Å². The van der Waals surface area contributed by atoms with Crippen LogP contribution in [0.3, 0.4) is 0 Å². The predicted octanol–water partition coefficient (Wildman–Crippen LogP) is 1.54. The third-order valence-electron chi connectivity index (χ3n) is 3.02. The summed E-state index contributed by atoms with van der Waals surface area (Å²) in [5.74, 6) is -0.174. The number of benzene rings is 1. The number of aromatic nitrogens is 2. The van der Waals surface area contributed by atoms with Crippen molar-refractivity contribution >= 4 is 17.7 Å². The van der Waals surface area contributed by atoms with Crippen LogP contribution < -0.4 is 15.4 Å². The SMILES string of the molecule is COc1ccc(Cn2cc(NC(=O)NCCC(=O)O)cn2)cc1. The molecule has 0 bridgehead atoms. The van der Waals surface area contributed by atoms with Crippen molar-refractivity contribution in [1.82, 2.24) is 15.1 Å². The second kappa shape index (κ2) is 7.83. The number of carbonyl (C=O) groups excluding carboxylic acids is 1. The van der Waals surface area contributed by atoms with E-state index in [2.05, 4.69) is 15.7 Å². The van der Waals surface area contributed by atoms with Gasteiger partial charge in [-0.05, 0) is 17.7 Å². The molecule has 0 fully saturated rings. The highest BCUT2D eigenvalue weighted by molar-refractivity contribution is 5.89. The highest BCUT2D eigenvalue weighted by Gasteiger charge is 2.05. The number of hydrogen-bond acceptors (Lipinski definition) is 4. The summed E-state index contributed by atoms with van der Waals surface area (Å²) < 4.78 is 6.79. The number of carboxylic acids is 1. The zero-order valence-electron chi connectivity index (χ0n) is 12.7. The van der Waals surface area contributed by atoms with Crippen LogP contribution in [0, 0.1) is 0 Å². The monoisotopic (exact) mass is 318 g/mol. The molecule has 23 heavy (non-hydrogen) atoms. The minimum atomic E-state index is -0.961. The van der Waals surface area contributed by atoms with E-state index in [1.54, 1.807) is 18.0 Å². The maximum atomic E-state index is 11.6. The summed E-state index contributed by atoms with van der Waals surface area (Å²) in [7, 11) is 1.61. The Hall–Kier alpha value is -3.03. The van der Waals surface area contributed by atoms with Crippen LogP contribution in [-0.2, 0) is 11.3 Å². The standard InChI is InChI=1S/C15H18N4O4/c1-23-13-4-2-11(3-5-13)9-19-10-12(8-17-19)18-15(22)16-7-6-14(20)21/h2-5,8,10H,6-7,9H2,1H3,(H,20,21)(H2,16,18,22). The van der Waals surface area contributed by atoms with Gasteiger partial charge in [0.2, 0.25) is 0 Å². The van der Waals surface area contributed by atoms with Gasteiger partial charge in [0.1, 0.15) is 5.75 Å². The second-order valence-corrected chi connectivity index (χ2v) is 4.80. The molecule has 2 rings (SSSR count). The molecule has 122 valence electrons. The number of carboxylic acid groups (broad SMARTS) is 1. The number of amides is 2. The summed E-state index contributed by atoms with van der Waals surface area (Å²) >= 11 is 0. The molecule has 0 aliphatic carbocycles. The average Bonchev–Trinajstić information content (AvgIpc) is 2.94. The Balaban J connectivity index is 1.84. The first kappa shape index (κ1) is 16.3. The lowest BCUT2D eigenvalue weighted by Crippen LogP contribution is -2.30. The smallest absolute Gasteiger partial charge is 0.319 e. The minimum absolute atomic E-state index is 0.0706. The number of ether oxygens (including phenoxy) is 1. The number of rotatable bonds is 7. The molecule has 0 aliphatic heterocycles. The van der Waals surface area contributed by atoms with Crippen LogP contribution in [0.15, 0.2) is 36.7 Å². The lowest BCUT2D eigenvalue weighted by molar-refractivity contribution is -0.136. The number of anilines is 1. The Bertz CT molecular complexity index is 666. The number of methoxy groups -OCH3 is 1. The van der Waals surface area contributed by atoms with Gasteiger partial charge in [-0.1, -0.05) is 12.1 Å². The van der Waals surface area contributed by atoms with Gasteiger partial charge in [-0.2, -0.15) is 5.10 Å². The molecule has 2 aromatic rings. The van der Waals surface area contributed by atoms with E-state index in [0.717, 1.165) is 11.3 Å². The Morgan fingerprint density at radius 1 is 1.30 bits per heavy atom. The Morgan fingerprint density at radius 3 is 2.70 bits per heavy atom. The molecule has 3 N–H and O–H groups in total. The van der Waals surface area contributed by atoms with E-state index >= 15 is 0 Å². The van der Waals surface area contributed by atoms with Gasteiger partial charge < -0.3 is 20.5 Å². The molecule has 8 nitrogen and oxygen atoms in total. The summed E-state index contributed by atoms with van der Waals surface area (Å²) in [5, 5.41) is 17.7. The third-order valence-corrected chi connectivity index (χ3v) is 3.02. The summed E-state index contributed by atoms with van der Waals surface area (Å²) in [4.78, 5) is 21.9. The summed E-state index contributed by atoms with van der Waals surface area (Å²) in [5.41, 5.74) is 1.58. The van der Waals surface area contributed by atoms with E-state index in [4.69, 9.17) is 9.84 Å². The fraction of sp³-hybridized carbons (Fsp3) is 0.267. The van der Waals surface area contributed by atoms with Crippen LogP contribution in [0.2, 0.25) is 0 Å². The zero-order chi connectivity index (χ0) is 16.7. The highest BCUT2D eigenvalue weighted by Crippen LogP contribution is 2.13. The van der Waals surface area contributed by atoms with Gasteiger partial charge in [-0.3, -0.25) is 9.48 Å². The lowest BCUT2D eigenvalue weighted by atomic mass is 10.2. The molecule has 0 atom stereocenters. The van der Waals surface area contributed by atoms with Crippen molar-refractivity contribution < 1.29 is 19.4 Å². The van der Waals surface area contributed by atoms with Crippen LogP contribution in [0.5, 0.6) is 5.75 Å². The van der Waals surface area contributed by atoms with Crippen molar-refractivity contribution in [3.05, 3.63) is 42.2 Å². The Labute approximate surface area is 133 Å². The van der Waals surface area contributed by atoms with Crippen molar-refractivity contribution in [2.75, 3.05) is 19.0 Å². The predicted molar refractivity (Wildman–Crippen MR) is 83.6 cm³/mol. The summed E-state index contributed by atoms with van der Waals surface area (Å²) in [6, 6.07) is 7.15. The van der Waals surface area contributed by atoms with Crippen LogP contribution in [-0.4, -0.2) is 40.5 Å². The Morgan fingerprint density at radius 2 is 2.04 bits per heavy atom. The topological polar surface area (TPSA) is 105 Å². The number of nitrogens with one attached hydrogen (secondary N) is 2. The number of aliphatic carboxylic acids is 1. The van der Waals surface area contributed by atoms with Crippen LogP contribution in [0.1, 0.15) is 12.0 Å². The number of urea groups is 1. The van der Waals surface area contributed by atoms with Crippen molar-refractivity contribution in [1.29, 1.82) is 0 Å². The normalized spacial score (nSPS) is 10.1. The van der Waals surface area contributed by atoms with Crippen molar-refractivity contribution in [2.45, 2.75) is 13.0 Å². The van der Waals surface area contributed by atoms with E-state index in [0.29, 0.717) is 12.2 Å². The molecule has 8 heteroatoms. The van der Waals surface area contributed by atoms with Gasteiger partial charge in [0, 0.05) is 12.7 Å². The summed E-state index contributed by atoms with van der Waals surface area (Å²) in [6.07, 6.45) is 3.10. The van der Waals surface area contributed by atoms with E-state index in [-0.39, 0.29) is 13.0 Å². The first-order valence-electron chi connectivity index (χ1n) is 6.99. The van der Waals surface area contributed by atoms with Crippen molar-refractivity contribution in [2.24, 2.45) is 0 Å². The number of nitrogens with zero attached hydrogens (tertiary/aromatic N) is 2. The molecule has 0 spiro atoms. The number of hydrogen-bond donors (Lipinski definition) is 3. The molecule has 0 unspecified atom stereocenters. The van der Waals surface area contributed by atoms with Gasteiger partial charge in [0.25, 0.3) is 0 Å². The van der Waals surface area contributed by atoms with E-state index in [1.807, 2.05) is 24.3 Å². The van der Waals surface area contributed by atoms with Crippen LogP contribution in [0.4, 0.5) is 10.5 Å². The molecule has 0 saturated carbocycles. The fourth-order valence-corrected chi connectivity index (χ4v) is 1.89. The highest BCUT2D eigenvalue weighted by atomic mass is 16.5. The third kappa shape index (κ3) is 5.34. The quantitative estimate of drug-likeness (QED) is 0.718. The second-order valence-electron chi connectivity index (χ2n) is 4.80. The van der Waals surface area contributed by atoms with Crippen molar-refractivity contribution in [3.63, 3.8) is 0 Å². The van der Waals surface area contributed by atoms with Gasteiger partial charge in [-0.15, -0.1) is 0 Å². The van der Waals surface area contributed by atoms with Gasteiger partial charge in [0.05, 0.1) is 32.0 Å². The molecule has 0 saturated heterocycles. The molecule has 1 aromatic heterocycles. The Kier molecular flexibility index (Phi) is 5.56. The van der Waals surface area contributed by atoms with E-state index in [1.165, 1.54) is 6.20 Å². The first-order chi connectivity index (χ1) is 11.1. The molecule has 1 aromatic carbocycles. The van der Waals surface area contributed by atoms with E-state index in [9.17, 15) is 9.59 Å². The molecular weight excluding hydrogens is 300 g/mol. The van der Waals surface area contributed by atoms with Crippen LogP contribution >= 0.6 is 0 Å². The molecular formula is C15H18N4O4. The van der Waals surface area contributed by atoms with Gasteiger partial charge >= 0.3 is 12.0 Å². The number of carbonyl (C=O) groups is 2. The van der Waals surface area contributed by atoms with E-state index < -0.39 is 12.0 Å². The first-order valence-corrected chi connectivity index (χ1v) is 6.99. The van der Waals surface area contributed by atoms with Crippen LogP contribution in [0.25, 0.3) is 0 Å². The molecule has 1 heterocycles. The fourth-order valence-electron chi connectivity index (χ4n) is 1.89. The average molecular weight is 318 g/mol. The maximum absolute atomic E-state index is 11.6. The van der Waals surface area contributed by atoms with Gasteiger partial charge in [-0.25, -0.2) is 4.79 Å². The zero-order valence-corrected chi connectivity index (χ0v) is 12.7. The lowest BCUT2D eigenvalue weighted by Gasteiger charge is -2.05. The largest absolute Gasteiger partial charge is 0.497 e. The molecule has 0 aliphatic rings. The molecule has 2 amide bonds. The molecule has 0 radical (unpaired) electrons. The minimum Gasteiger partial charge on any atom is -0.497 e. The summed E-state index contributed by atoms with van der Waals surface area (Å²) in [6.45, 7) is 0.632. The maximum Gasteiger partial charge on any atom is 0.319 e.